The Labute approximate surface area is 454 Å². The van der Waals surface area contributed by atoms with Crippen molar-refractivity contribution in [1.82, 2.24) is 10.2 Å². The third-order valence-electron chi connectivity index (χ3n) is 15.7. The van der Waals surface area contributed by atoms with Gasteiger partial charge < -0.3 is 44.2 Å². The summed E-state index contributed by atoms with van der Waals surface area (Å²) in [5, 5.41) is 39.3. The highest BCUT2D eigenvalue weighted by Crippen LogP contribution is 2.62. The Morgan fingerprint density at radius 3 is 2.04 bits per heavy atom. The zero-order chi connectivity index (χ0) is 54.4. The van der Waals surface area contributed by atoms with E-state index in [1.54, 1.807) is 36.2 Å². The number of benzene rings is 2. The molecule has 0 radical (unpaired) electrons. The fourth-order valence-electron chi connectivity index (χ4n) is 11.6. The molecule has 0 saturated heterocycles. The van der Waals surface area contributed by atoms with Crippen LogP contribution in [0.5, 0.6) is 11.5 Å². The number of likely N-dealkylation sites (N-methyl/N-ethyl adjacent to an activating group) is 1. The predicted octanol–water partition coefficient (Wildman–Crippen LogP) is 14.4. The van der Waals surface area contributed by atoms with Gasteiger partial charge in [-0.05, 0) is 91.8 Å². The number of carbonyl (C=O) groups excluding carboxylic acids is 2. The molecule has 5 rings (SSSR count). The number of nitrogens with one attached hydrogen (secondary N) is 1. The Morgan fingerprint density at radius 2 is 1.43 bits per heavy atom. The number of unbranched alkanes of at least 4 members (excludes halogenated alkanes) is 20. The summed E-state index contributed by atoms with van der Waals surface area (Å²) in [6.07, 6.45) is 30.8. The Bertz CT molecular complexity index is 2100. The number of nitro benzene ring substituents is 1. The molecule has 2 aliphatic carbocycles. The summed E-state index contributed by atoms with van der Waals surface area (Å²) in [7, 11) is 1.72. The molecule has 2 aromatic carbocycles. The molecule has 1 fully saturated rings. The van der Waals surface area contributed by atoms with Gasteiger partial charge in [0.15, 0.2) is 0 Å². The summed E-state index contributed by atoms with van der Waals surface area (Å²) < 4.78 is 26.4. The molecule has 2 aromatic rings. The van der Waals surface area contributed by atoms with Crippen LogP contribution in [0, 0.1) is 27.9 Å². The fraction of sp³-hybridized carbons (Fsp3) is 0.689. The van der Waals surface area contributed by atoms with Gasteiger partial charge in [-0.3, -0.25) is 10.1 Å². The van der Waals surface area contributed by atoms with E-state index >= 15 is 0 Å². The Kier molecular flexibility index (Phi) is 28.3. The third-order valence-corrected chi connectivity index (χ3v) is 15.7. The van der Waals surface area contributed by atoms with E-state index in [0.29, 0.717) is 42.2 Å². The molecule has 1 saturated carbocycles. The molecule has 3 N–H and O–H groups in total. The molecule has 0 bridgehead atoms. The van der Waals surface area contributed by atoms with Crippen LogP contribution in [-0.2, 0) is 20.9 Å². The maximum atomic E-state index is 14.4. The molecular weight excluding hydrogens is 965 g/mol. The highest BCUT2D eigenvalue weighted by Gasteiger charge is 2.65. The van der Waals surface area contributed by atoms with Crippen LogP contribution in [0.1, 0.15) is 204 Å². The van der Waals surface area contributed by atoms with Crippen molar-refractivity contribution >= 4 is 23.6 Å². The zero-order valence-corrected chi connectivity index (χ0v) is 46.5. The molecule has 76 heavy (non-hydrogen) atoms. The van der Waals surface area contributed by atoms with Crippen molar-refractivity contribution in [2.75, 3.05) is 40.0 Å². The van der Waals surface area contributed by atoms with Gasteiger partial charge in [-0.25, -0.2) is 9.59 Å². The first-order chi connectivity index (χ1) is 37.1. The van der Waals surface area contributed by atoms with E-state index in [1.807, 2.05) is 12.1 Å². The van der Waals surface area contributed by atoms with Crippen LogP contribution >= 0.6 is 0 Å². The van der Waals surface area contributed by atoms with E-state index in [-0.39, 0.29) is 62.9 Å². The molecule has 424 valence electrons. The minimum atomic E-state index is -1.49. The van der Waals surface area contributed by atoms with Crippen molar-refractivity contribution in [3.63, 3.8) is 0 Å². The fourth-order valence-corrected chi connectivity index (χ4v) is 11.6. The second-order valence-corrected chi connectivity index (χ2v) is 21.4. The first-order valence-electron chi connectivity index (χ1n) is 29.4. The van der Waals surface area contributed by atoms with Crippen LogP contribution < -0.4 is 14.8 Å². The van der Waals surface area contributed by atoms with Gasteiger partial charge in [0.1, 0.15) is 24.1 Å². The molecule has 0 spiro atoms. The van der Waals surface area contributed by atoms with Gasteiger partial charge in [-0.1, -0.05) is 160 Å². The van der Waals surface area contributed by atoms with Crippen molar-refractivity contribution in [2.45, 2.75) is 212 Å². The number of ether oxygens (including phenoxy) is 4. The van der Waals surface area contributed by atoms with E-state index in [0.717, 1.165) is 75.3 Å². The third kappa shape index (κ3) is 18.9. The second-order valence-electron chi connectivity index (χ2n) is 21.4. The van der Waals surface area contributed by atoms with Crippen LogP contribution in [0.15, 0.2) is 71.9 Å². The highest BCUT2D eigenvalue weighted by atomic mass is 16.7. The van der Waals surface area contributed by atoms with Gasteiger partial charge in [0.05, 0.1) is 29.8 Å². The summed E-state index contributed by atoms with van der Waals surface area (Å²) in [4.78, 5) is 46.5. The smallest absolute Gasteiger partial charge is 0.412 e. The SMILES string of the molecule is C=CCO[C@@]12Oc3ccc(OC(=O)NCCCCCCCCCCCC)cc3[C@H]3[C@H](CCCCO)[C@@H](CCCCO)C=C(C(=NOCc4ccc([N+](=O)[O-])cc4)C[C@@H]1N(C)C(=O)OCCCCCCCCCCCC)[C@H]32. The largest absolute Gasteiger partial charge is 0.459 e. The van der Waals surface area contributed by atoms with Crippen molar-refractivity contribution in [2.24, 2.45) is 22.9 Å². The maximum Gasteiger partial charge on any atom is 0.412 e. The molecule has 15 nitrogen and oxygen atoms in total. The van der Waals surface area contributed by atoms with Crippen molar-refractivity contribution < 1.29 is 48.5 Å². The monoisotopic (exact) mass is 1060 g/mol. The van der Waals surface area contributed by atoms with Crippen LogP contribution in [0.2, 0.25) is 0 Å². The standard InChI is InChI=1S/C61H94N4O11/c1-5-8-10-12-14-16-18-20-22-26-38-62-59(68)75-50-36-37-55-53(44-50)57-51(31-25-28-40-67)48(30-24-27-39-66)43-52-54(63-74-46-47-32-34-49(35-33-47)65(70)71)45-56(61(76-55,58(52)57)73-41-7-3)64(4)60(69)72-42-29-23-21-19-17-15-13-11-9-6-2/h7,32-37,43-44,48,51,56-58,66-67H,3,5-6,8-31,38-42,45-46H2,1-2,4H3,(H,62,68)/t48-,51+,56-,57+,58+,61+/m0/s1. The second kappa shape index (κ2) is 34.7. The minimum Gasteiger partial charge on any atom is -0.459 e. The number of allylic oxidation sites excluding steroid dienone is 1. The summed E-state index contributed by atoms with van der Waals surface area (Å²) in [5.41, 5.74) is 2.93. The predicted molar refractivity (Wildman–Crippen MR) is 300 cm³/mol. The lowest BCUT2D eigenvalue weighted by atomic mass is 9.55. The number of non-ortho nitro benzene ring substituents is 1. The molecule has 0 unspecified atom stereocenters. The molecule has 1 aliphatic heterocycles. The summed E-state index contributed by atoms with van der Waals surface area (Å²) in [6, 6.07) is 10.8. The summed E-state index contributed by atoms with van der Waals surface area (Å²) in [6.45, 7) is 9.53. The lowest BCUT2D eigenvalue weighted by Crippen LogP contribution is -2.69. The van der Waals surface area contributed by atoms with Gasteiger partial charge in [0, 0.05) is 56.8 Å². The quantitative estimate of drug-likeness (QED) is 0.0250. The van der Waals surface area contributed by atoms with Gasteiger partial charge >= 0.3 is 12.2 Å². The van der Waals surface area contributed by atoms with Gasteiger partial charge in [-0.2, -0.15) is 0 Å². The van der Waals surface area contributed by atoms with Crippen LogP contribution in [0.3, 0.4) is 0 Å². The number of nitrogens with zero attached hydrogens (tertiary/aromatic N) is 3. The minimum absolute atomic E-state index is 0.0151. The molecule has 15 heteroatoms. The molecule has 3 aliphatic rings. The number of rotatable bonds is 39. The molecule has 0 aromatic heterocycles. The Hall–Kier alpha value is -4.99. The number of amides is 2. The van der Waals surface area contributed by atoms with E-state index in [2.05, 4.69) is 31.8 Å². The summed E-state index contributed by atoms with van der Waals surface area (Å²) >= 11 is 0. The van der Waals surface area contributed by atoms with E-state index < -0.39 is 34.9 Å². The number of aliphatic hydroxyl groups is 2. The number of oxime groups is 1. The Morgan fingerprint density at radius 1 is 0.829 bits per heavy atom. The molecule has 1 heterocycles. The first kappa shape index (κ1) is 61.9. The van der Waals surface area contributed by atoms with E-state index in [9.17, 15) is 29.9 Å². The van der Waals surface area contributed by atoms with Crippen molar-refractivity contribution in [3.05, 3.63) is 88.0 Å². The average Bonchev–Trinajstić information content (AvgIpc) is 3.54. The molecule has 6 atom stereocenters. The van der Waals surface area contributed by atoms with Crippen LogP contribution in [-0.4, -0.2) is 89.8 Å². The van der Waals surface area contributed by atoms with Gasteiger partial charge in [-0.15, -0.1) is 6.58 Å². The summed E-state index contributed by atoms with van der Waals surface area (Å²) in [5.74, 6) is -1.54. The number of hydrogen-bond acceptors (Lipinski definition) is 12. The highest BCUT2D eigenvalue weighted by molar-refractivity contribution is 6.03. The van der Waals surface area contributed by atoms with Crippen molar-refractivity contribution in [1.29, 1.82) is 0 Å². The molecule has 2 amide bonds. The van der Waals surface area contributed by atoms with Crippen molar-refractivity contribution in [3.8, 4) is 11.5 Å². The normalized spacial score (nSPS) is 20.9. The number of fused-ring (bicyclic) bond motifs is 2. The van der Waals surface area contributed by atoms with Gasteiger partial charge in [0.2, 0.25) is 5.79 Å². The lowest BCUT2D eigenvalue weighted by molar-refractivity contribution is -0.384. The van der Waals surface area contributed by atoms with Crippen LogP contribution in [0.25, 0.3) is 0 Å². The lowest BCUT2D eigenvalue weighted by Gasteiger charge is -2.59. The maximum absolute atomic E-state index is 14.4. The van der Waals surface area contributed by atoms with Crippen LogP contribution in [0.4, 0.5) is 15.3 Å². The average molecular weight is 1060 g/mol. The first-order valence-corrected chi connectivity index (χ1v) is 29.4. The van der Waals surface area contributed by atoms with E-state index in [4.69, 9.17) is 28.9 Å². The number of aliphatic hydroxyl groups excluding tert-OH is 2. The zero-order valence-electron chi connectivity index (χ0n) is 46.5. The topological polar surface area (TPSA) is 192 Å². The number of nitro groups is 1. The number of hydrogen-bond donors (Lipinski definition) is 3. The molecular formula is C61H94N4O11. The van der Waals surface area contributed by atoms with Gasteiger partial charge in [0.25, 0.3) is 5.69 Å². The Balaban J connectivity index is 1.47. The number of carbonyl (C=O) groups is 2. The van der Waals surface area contributed by atoms with E-state index in [1.165, 1.54) is 102 Å².